The first-order valence-corrected chi connectivity index (χ1v) is 9.64. The second-order valence-corrected chi connectivity index (χ2v) is 6.65. The summed E-state index contributed by atoms with van der Waals surface area (Å²) in [5.74, 6) is 0.430. The maximum Gasteiger partial charge on any atom is 0.331 e. The standard InChI is InChI=1S/C24H25NO5/c1-4-17(2)19-7-9-20(10-8-19)21(26)16-30-24(27)12-6-18-5-11-22(29-14-13-25)23(15-18)28-3/h5-12,15,17H,4,14,16H2,1-3H3/b12-6+/t17-/m0/s1. The lowest BCUT2D eigenvalue weighted by molar-refractivity contribution is -0.136. The fraction of sp³-hybridized carbons (Fsp3) is 0.292. The predicted molar refractivity (Wildman–Crippen MR) is 114 cm³/mol. The maximum atomic E-state index is 12.2. The monoisotopic (exact) mass is 407 g/mol. The second-order valence-electron chi connectivity index (χ2n) is 6.65. The first-order valence-electron chi connectivity index (χ1n) is 9.64. The summed E-state index contributed by atoms with van der Waals surface area (Å²) in [5, 5.41) is 8.60. The molecular formula is C24H25NO5. The highest BCUT2D eigenvalue weighted by Gasteiger charge is 2.10. The van der Waals surface area contributed by atoms with Crippen LogP contribution in [0.4, 0.5) is 0 Å². The highest BCUT2D eigenvalue weighted by Crippen LogP contribution is 2.28. The van der Waals surface area contributed by atoms with E-state index in [2.05, 4.69) is 13.8 Å². The number of hydrogen-bond acceptors (Lipinski definition) is 6. The molecule has 156 valence electrons. The summed E-state index contributed by atoms with van der Waals surface area (Å²) >= 11 is 0. The van der Waals surface area contributed by atoms with Crippen molar-refractivity contribution in [3.8, 4) is 17.6 Å². The van der Waals surface area contributed by atoms with E-state index in [4.69, 9.17) is 19.5 Å². The molecule has 0 saturated heterocycles. The van der Waals surface area contributed by atoms with Crippen LogP contribution in [0.3, 0.4) is 0 Å². The van der Waals surface area contributed by atoms with Crippen LogP contribution in [0.25, 0.3) is 6.08 Å². The number of rotatable bonds is 10. The van der Waals surface area contributed by atoms with Gasteiger partial charge in [0, 0.05) is 11.6 Å². The minimum absolute atomic E-state index is 0.0910. The zero-order valence-corrected chi connectivity index (χ0v) is 17.4. The molecule has 0 bridgehead atoms. The van der Waals surface area contributed by atoms with Crippen LogP contribution in [0.1, 0.15) is 47.7 Å². The fourth-order valence-electron chi connectivity index (χ4n) is 2.68. The van der Waals surface area contributed by atoms with E-state index in [1.807, 2.05) is 18.2 Å². The summed E-state index contributed by atoms with van der Waals surface area (Å²) < 4.78 is 15.5. The number of carbonyl (C=O) groups is 2. The van der Waals surface area contributed by atoms with Crippen molar-refractivity contribution >= 4 is 17.8 Å². The molecule has 0 saturated carbocycles. The molecule has 0 N–H and O–H groups in total. The molecule has 0 radical (unpaired) electrons. The van der Waals surface area contributed by atoms with Crippen LogP contribution < -0.4 is 9.47 Å². The lowest BCUT2D eigenvalue weighted by atomic mass is 9.97. The smallest absolute Gasteiger partial charge is 0.331 e. The van der Waals surface area contributed by atoms with Gasteiger partial charge in [0.2, 0.25) is 0 Å². The van der Waals surface area contributed by atoms with E-state index in [1.54, 1.807) is 36.4 Å². The van der Waals surface area contributed by atoms with E-state index in [-0.39, 0.29) is 19.0 Å². The fourth-order valence-corrected chi connectivity index (χ4v) is 2.68. The normalized spacial score (nSPS) is 11.5. The lowest BCUT2D eigenvalue weighted by Crippen LogP contribution is -2.12. The van der Waals surface area contributed by atoms with Gasteiger partial charge in [0.1, 0.15) is 6.07 Å². The largest absolute Gasteiger partial charge is 0.493 e. The Morgan fingerprint density at radius 2 is 1.87 bits per heavy atom. The van der Waals surface area contributed by atoms with Gasteiger partial charge in [0.05, 0.1) is 7.11 Å². The molecule has 1 atom stereocenters. The third kappa shape index (κ3) is 6.49. The van der Waals surface area contributed by atoms with Crippen molar-refractivity contribution in [1.82, 2.24) is 0 Å². The Balaban J connectivity index is 1.91. The molecule has 2 aromatic rings. The van der Waals surface area contributed by atoms with Crippen molar-refractivity contribution in [2.45, 2.75) is 26.2 Å². The Labute approximate surface area is 176 Å². The molecule has 0 heterocycles. The summed E-state index contributed by atoms with van der Waals surface area (Å²) in [4.78, 5) is 24.2. The Morgan fingerprint density at radius 3 is 2.50 bits per heavy atom. The third-order valence-electron chi connectivity index (χ3n) is 4.65. The number of esters is 1. The van der Waals surface area contributed by atoms with Crippen molar-refractivity contribution in [3.05, 3.63) is 65.2 Å². The van der Waals surface area contributed by atoms with Crippen molar-refractivity contribution in [1.29, 1.82) is 5.26 Å². The first kappa shape index (κ1) is 22.7. The van der Waals surface area contributed by atoms with Crippen LogP contribution >= 0.6 is 0 Å². The molecule has 0 aromatic heterocycles. The third-order valence-corrected chi connectivity index (χ3v) is 4.65. The second kappa shape index (κ2) is 11.4. The lowest BCUT2D eigenvalue weighted by Gasteiger charge is -2.09. The van der Waals surface area contributed by atoms with E-state index < -0.39 is 5.97 Å². The molecule has 2 rings (SSSR count). The molecule has 0 aliphatic heterocycles. The highest BCUT2D eigenvalue weighted by atomic mass is 16.5. The van der Waals surface area contributed by atoms with Gasteiger partial charge in [-0.2, -0.15) is 5.26 Å². The van der Waals surface area contributed by atoms with Gasteiger partial charge in [-0.1, -0.05) is 44.2 Å². The van der Waals surface area contributed by atoms with Crippen molar-refractivity contribution in [3.63, 3.8) is 0 Å². The van der Waals surface area contributed by atoms with Gasteiger partial charge < -0.3 is 14.2 Å². The Hall–Kier alpha value is -3.59. The van der Waals surface area contributed by atoms with Crippen molar-refractivity contribution in [2.75, 3.05) is 20.3 Å². The zero-order valence-electron chi connectivity index (χ0n) is 17.4. The van der Waals surface area contributed by atoms with Gasteiger partial charge in [0.25, 0.3) is 0 Å². The van der Waals surface area contributed by atoms with Crippen LogP contribution in [-0.4, -0.2) is 32.1 Å². The van der Waals surface area contributed by atoms with Gasteiger partial charge in [-0.15, -0.1) is 0 Å². The molecular weight excluding hydrogens is 382 g/mol. The van der Waals surface area contributed by atoms with E-state index in [0.717, 1.165) is 6.42 Å². The number of ether oxygens (including phenoxy) is 3. The number of nitrogens with zero attached hydrogens (tertiary/aromatic N) is 1. The first-order chi connectivity index (χ1) is 14.5. The molecule has 0 unspecified atom stereocenters. The van der Waals surface area contributed by atoms with Crippen LogP contribution in [0.15, 0.2) is 48.5 Å². The molecule has 6 nitrogen and oxygen atoms in total. The molecule has 6 heteroatoms. The summed E-state index contributed by atoms with van der Waals surface area (Å²) in [6, 6.07) is 14.3. The topological polar surface area (TPSA) is 85.6 Å². The molecule has 2 aromatic carbocycles. The number of hydrogen-bond donors (Lipinski definition) is 0. The Bertz CT molecular complexity index is 941. The Morgan fingerprint density at radius 1 is 1.13 bits per heavy atom. The average Bonchev–Trinajstić information content (AvgIpc) is 2.79. The van der Waals surface area contributed by atoms with Crippen LogP contribution in [-0.2, 0) is 9.53 Å². The SMILES string of the molecule is CC[C@H](C)c1ccc(C(=O)COC(=O)/C=C/c2ccc(OCC#N)c(OC)c2)cc1. The van der Waals surface area contributed by atoms with Gasteiger partial charge in [-0.05, 0) is 41.7 Å². The van der Waals surface area contributed by atoms with E-state index in [0.29, 0.717) is 28.5 Å². The molecule has 0 spiro atoms. The Kier molecular flexibility index (Phi) is 8.64. The number of nitriles is 1. The van der Waals surface area contributed by atoms with Gasteiger partial charge in [-0.3, -0.25) is 4.79 Å². The van der Waals surface area contributed by atoms with E-state index >= 15 is 0 Å². The summed E-state index contributed by atoms with van der Waals surface area (Å²) in [7, 11) is 1.48. The van der Waals surface area contributed by atoms with Crippen LogP contribution in [0, 0.1) is 11.3 Å². The van der Waals surface area contributed by atoms with Crippen LogP contribution in [0.5, 0.6) is 11.5 Å². The van der Waals surface area contributed by atoms with Gasteiger partial charge in [-0.25, -0.2) is 4.79 Å². The minimum Gasteiger partial charge on any atom is -0.493 e. The number of methoxy groups -OCH3 is 1. The van der Waals surface area contributed by atoms with Crippen molar-refractivity contribution in [2.24, 2.45) is 0 Å². The summed E-state index contributed by atoms with van der Waals surface area (Å²) in [5.41, 5.74) is 2.37. The van der Waals surface area contributed by atoms with E-state index in [9.17, 15) is 9.59 Å². The molecule has 0 aliphatic carbocycles. The minimum atomic E-state index is -0.622. The summed E-state index contributed by atoms with van der Waals surface area (Å²) in [6.07, 6.45) is 3.81. The molecule has 0 fully saturated rings. The highest BCUT2D eigenvalue weighted by molar-refractivity contribution is 5.98. The summed E-state index contributed by atoms with van der Waals surface area (Å²) in [6.45, 7) is 3.83. The van der Waals surface area contributed by atoms with Crippen LogP contribution in [0.2, 0.25) is 0 Å². The maximum absolute atomic E-state index is 12.2. The average molecular weight is 407 g/mol. The van der Waals surface area contributed by atoms with Gasteiger partial charge >= 0.3 is 5.97 Å². The number of benzene rings is 2. The zero-order chi connectivity index (χ0) is 21.9. The molecule has 30 heavy (non-hydrogen) atoms. The van der Waals surface area contributed by atoms with Crippen molar-refractivity contribution < 1.29 is 23.8 Å². The molecule has 0 aliphatic rings. The van der Waals surface area contributed by atoms with E-state index in [1.165, 1.54) is 18.7 Å². The number of ketones is 1. The predicted octanol–water partition coefficient (Wildman–Crippen LogP) is 4.55. The van der Waals surface area contributed by atoms with Gasteiger partial charge in [0.15, 0.2) is 30.5 Å². The number of carbonyl (C=O) groups excluding carboxylic acids is 2. The molecule has 0 amide bonds. The number of Topliss-reactive ketones (excluding diaryl/α,β-unsaturated/α-hetero) is 1. The quantitative estimate of drug-likeness (QED) is 0.326.